The molecule has 112 valence electrons. The maximum atomic E-state index is 11.9. The van der Waals surface area contributed by atoms with E-state index in [1.54, 1.807) is 31.0 Å². The highest BCUT2D eigenvalue weighted by molar-refractivity contribution is 5.85. The summed E-state index contributed by atoms with van der Waals surface area (Å²) in [5, 5.41) is 8.68. The van der Waals surface area contributed by atoms with Crippen molar-refractivity contribution in [2.45, 2.75) is 25.8 Å². The van der Waals surface area contributed by atoms with Gasteiger partial charge < -0.3 is 14.7 Å². The molecule has 1 amide bonds. The summed E-state index contributed by atoms with van der Waals surface area (Å²) in [4.78, 5) is 28.4. The molecule has 0 atom stereocenters. The number of carbonyl (C=O) groups is 2. The second-order valence-electron chi connectivity index (χ2n) is 5.03. The van der Waals surface area contributed by atoms with Crippen molar-refractivity contribution in [2.24, 2.45) is 0 Å². The number of pyridine rings is 1. The number of ether oxygens (including phenoxy) is 1. The van der Waals surface area contributed by atoms with Crippen LogP contribution in [0, 0.1) is 6.92 Å². The van der Waals surface area contributed by atoms with Crippen molar-refractivity contribution in [3.8, 4) is 5.75 Å². The zero-order valence-electron chi connectivity index (χ0n) is 12.1. The summed E-state index contributed by atoms with van der Waals surface area (Å²) in [6.07, 6.45) is 4.44. The third kappa shape index (κ3) is 4.30. The van der Waals surface area contributed by atoms with Crippen molar-refractivity contribution in [1.82, 2.24) is 9.88 Å². The maximum absolute atomic E-state index is 11.9. The Morgan fingerprint density at radius 3 is 2.81 bits per heavy atom. The fourth-order valence-electron chi connectivity index (χ4n) is 1.86. The van der Waals surface area contributed by atoms with Gasteiger partial charge in [-0.15, -0.1) is 0 Å². The molecule has 0 aliphatic heterocycles. The van der Waals surface area contributed by atoms with E-state index in [0.717, 1.165) is 24.6 Å². The number of hydrogen-bond donors (Lipinski definition) is 1. The molecular weight excluding hydrogens is 272 g/mol. The second kappa shape index (κ2) is 6.39. The number of aliphatic carboxylic acids is 1. The third-order valence-corrected chi connectivity index (χ3v) is 3.25. The van der Waals surface area contributed by atoms with Crippen molar-refractivity contribution < 1.29 is 19.4 Å². The number of aromatic nitrogens is 1. The highest BCUT2D eigenvalue weighted by atomic mass is 16.5. The van der Waals surface area contributed by atoms with Crippen LogP contribution in [0.15, 0.2) is 18.2 Å². The summed E-state index contributed by atoms with van der Waals surface area (Å²) in [5.41, 5.74) is 1.15. The van der Waals surface area contributed by atoms with Crippen molar-refractivity contribution in [1.29, 1.82) is 0 Å². The number of nitrogens with zero attached hydrogens (tertiary/aromatic N) is 2. The molecular formula is C15H18N2O4. The topological polar surface area (TPSA) is 79.7 Å². The molecule has 2 rings (SSSR count). The largest absolute Gasteiger partial charge is 0.482 e. The molecule has 0 bridgehead atoms. The Bertz CT molecular complexity index is 579. The average molecular weight is 290 g/mol. The van der Waals surface area contributed by atoms with E-state index in [4.69, 9.17) is 9.84 Å². The lowest BCUT2D eigenvalue weighted by atomic mass is 10.2. The van der Waals surface area contributed by atoms with Gasteiger partial charge in [0.05, 0.1) is 0 Å². The van der Waals surface area contributed by atoms with Gasteiger partial charge in [0.25, 0.3) is 5.91 Å². The first-order chi connectivity index (χ1) is 9.97. The fraction of sp³-hybridized carbons (Fsp3) is 0.400. The first-order valence-electron chi connectivity index (χ1n) is 6.74. The molecule has 6 nitrogen and oxygen atoms in total. The van der Waals surface area contributed by atoms with Crippen LogP contribution in [0.3, 0.4) is 0 Å². The molecule has 0 unspecified atom stereocenters. The smallest absolute Gasteiger partial charge is 0.328 e. The first-order valence-corrected chi connectivity index (χ1v) is 6.74. The molecule has 21 heavy (non-hydrogen) atoms. The number of carboxylic acids is 1. The number of amides is 1. The Morgan fingerprint density at radius 1 is 1.48 bits per heavy atom. The van der Waals surface area contributed by atoms with E-state index >= 15 is 0 Å². The van der Waals surface area contributed by atoms with E-state index in [9.17, 15) is 9.59 Å². The first kappa shape index (κ1) is 15.0. The molecule has 0 saturated heterocycles. The van der Waals surface area contributed by atoms with Gasteiger partial charge in [-0.2, -0.15) is 0 Å². The molecule has 1 saturated carbocycles. The molecule has 1 heterocycles. The van der Waals surface area contributed by atoms with Crippen LogP contribution in [-0.4, -0.2) is 46.6 Å². The lowest BCUT2D eigenvalue weighted by Crippen LogP contribution is -2.33. The van der Waals surface area contributed by atoms with E-state index in [0.29, 0.717) is 17.5 Å². The molecule has 1 fully saturated rings. The Hall–Kier alpha value is -2.37. The highest BCUT2D eigenvalue weighted by Crippen LogP contribution is 2.25. The Labute approximate surface area is 123 Å². The molecule has 6 heteroatoms. The predicted octanol–water partition coefficient (Wildman–Crippen LogP) is 1.49. The van der Waals surface area contributed by atoms with Gasteiger partial charge in [-0.1, -0.05) is 0 Å². The monoisotopic (exact) mass is 290 g/mol. The van der Waals surface area contributed by atoms with E-state index in [2.05, 4.69) is 4.98 Å². The zero-order valence-corrected chi connectivity index (χ0v) is 12.1. The van der Waals surface area contributed by atoms with E-state index in [-0.39, 0.29) is 12.5 Å². The van der Waals surface area contributed by atoms with Gasteiger partial charge in [0.1, 0.15) is 11.4 Å². The van der Waals surface area contributed by atoms with Crippen LogP contribution in [-0.2, 0) is 9.59 Å². The van der Waals surface area contributed by atoms with Crippen molar-refractivity contribution >= 4 is 18.0 Å². The average Bonchev–Trinajstić information content (AvgIpc) is 3.27. The predicted molar refractivity (Wildman–Crippen MR) is 76.9 cm³/mol. The number of aryl methyl sites for hydroxylation is 1. The number of rotatable bonds is 6. The summed E-state index contributed by atoms with van der Waals surface area (Å²) in [6, 6.07) is 3.78. The Kier molecular flexibility index (Phi) is 4.57. The summed E-state index contributed by atoms with van der Waals surface area (Å²) in [6.45, 7) is 1.72. The number of carbonyl (C=O) groups excluding carboxylic acids is 1. The maximum Gasteiger partial charge on any atom is 0.328 e. The van der Waals surface area contributed by atoms with Gasteiger partial charge in [-0.05, 0) is 38.0 Å². The zero-order chi connectivity index (χ0) is 15.4. The van der Waals surface area contributed by atoms with Crippen LogP contribution < -0.4 is 4.74 Å². The molecule has 0 spiro atoms. The molecule has 1 aliphatic carbocycles. The van der Waals surface area contributed by atoms with E-state index < -0.39 is 5.97 Å². The van der Waals surface area contributed by atoms with Gasteiger partial charge in [-0.3, -0.25) is 4.79 Å². The normalized spacial score (nSPS) is 14.2. The molecule has 1 aromatic heterocycles. The third-order valence-electron chi connectivity index (χ3n) is 3.25. The quantitative estimate of drug-likeness (QED) is 0.803. The van der Waals surface area contributed by atoms with Crippen LogP contribution >= 0.6 is 0 Å². The minimum atomic E-state index is -1.06. The second-order valence-corrected chi connectivity index (χ2v) is 5.03. The summed E-state index contributed by atoms with van der Waals surface area (Å²) >= 11 is 0. The van der Waals surface area contributed by atoms with Crippen LogP contribution in [0.5, 0.6) is 5.75 Å². The number of hydrogen-bond acceptors (Lipinski definition) is 4. The minimum Gasteiger partial charge on any atom is -0.482 e. The summed E-state index contributed by atoms with van der Waals surface area (Å²) < 4.78 is 5.49. The van der Waals surface area contributed by atoms with Crippen LogP contribution in [0.25, 0.3) is 6.08 Å². The molecule has 0 aromatic carbocycles. The standard InChI is InChI=1S/C15H18N2O4/c1-10-3-7-13(12(16-10)6-8-15(19)20)21-9-14(18)17(2)11-4-5-11/h3,6-8,11H,4-5,9H2,1-2H3,(H,19,20). The van der Waals surface area contributed by atoms with Crippen LogP contribution in [0.1, 0.15) is 24.2 Å². The Morgan fingerprint density at radius 2 is 2.19 bits per heavy atom. The molecule has 0 radical (unpaired) electrons. The van der Waals surface area contributed by atoms with Crippen LogP contribution in [0.2, 0.25) is 0 Å². The van der Waals surface area contributed by atoms with Crippen molar-refractivity contribution in [2.75, 3.05) is 13.7 Å². The van der Waals surface area contributed by atoms with Crippen LogP contribution in [0.4, 0.5) is 0 Å². The SMILES string of the molecule is Cc1ccc(OCC(=O)N(C)C2CC2)c(C=CC(=O)O)n1. The lowest BCUT2D eigenvalue weighted by molar-refractivity contribution is -0.133. The lowest BCUT2D eigenvalue weighted by Gasteiger charge is -2.17. The van der Waals surface area contributed by atoms with Gasteiger partial charge in [0.2, 0.25) is 0 Å². The summed E-state index contributed by atoms with van der Waals surface area (Å²) in [7, 11) is 1.77. The highest BCUT2D eigenvalue weighted by Gasteiger charge is 2.29. The van der Waals surface area contributed by atoms with Crippen molar-refractivity contribution in [3.63, 3.8) is 0 Å². The Balaban J connectivity index is 2.04. The van der Waals surface area contributed by atoms with Crippen molar-refractivity contribution in [3.05, 3.63) is 29.6 Å². The van der Waals surface area contributed by atoms with E-state index in [1.165, 1.54) is 6.08 Å². The van der Waals surface area contributed by atoms with Gasteiger partial charge in [0, 0.05) is 24.9 Å². The van der Waals surface area contributed by atoms with Gasteiger partial charge in [-0.25, -0.2) is 9.78 Å². The molecule has 1 N–H and O–H groups in total. The fourth-order valence-corrected chi connectivity index (χ4v) is 1.86. The minimum absolute atomic E-state index is 0.0777. The molecule has 1 aromatic rings. The molecule has 1 aliphatic rings. The van der Waals surface area contributed by atoms with Gasteiger partial charge >= 0.3 is 5.97 Å². The number of carboxylic acid groups (broad SMARTS) is 1. The van der Waals surface area contributed by atoms with E-state index in [1.807, 2.05) is 0 Å². The van der Waals surface area contributed by atoms with Gasteiger partial charge in [0.15, 0.2) is 6.61 Å². The summed E-state index contributed by atoms with van der Waals surface area (Å²) in [5.74, 6) is -0.754. The number of likely N-dealkylation sites (N-methyl/N-ethyl adjacent to an activating group) is 1.